The predicted octanol–water partition coefficient (Wildman–Crippen LogP) is 3.77. The SMILES string of the molecule is COC(=O)[C@H](C)NP(=S)(OC[C@@H]1C=C[C@H](n2cnc3c(OC)nc(N)nc32)C1)Oc1ccc(Br)cc1. The van der Waals surface area contributed by atoms with E-state index in [-0.39, 0.29) is 24.5 Å². The van der Waals surface area contributed by atoms with Crippen LogP contribution in [0.2, 0.25) is 0 Å². The number of carbonyl (C=O) groups is 1. The Morgan fingerprint density at radius 1 is 1.31 bits per heavy atom. The van der Waals surface area contributed by atoms with Crippen LogP contribution < -0.4 is 20.1 Å². The zero-order valence-corrected chi connectivity index (χ0v) is 23.1. The Hall–Kier alpha value is -2.57. The fourth-order valence-electron chi connectivity index (χ4n) is 3.76. The third-order valence-electron chi connectivity index (χ3n) is 5.51. The molecule has 0 saturated heterocycles. The van der Waals surface area contributed by atoms with Gasteiger partial charge in [-0.05, 0) is 49.4 Å². The van der Waals surface area contributed by atoms with Gasteiger partial charge < -0.3 is 28.8 Å². The third kappa shape index (κ3) is 6.04. The van der Waals surface area contributed by atoms with Gasteiger partial charge in [0.05, 0.1) is 33.2 Å². The van der Waals surface area contributed by atoms with Crippen LogP contribution in [0.25, 0.3) is 11.2 Å². The fourth-order valence-corrected chi connectivity index (χ4v) is 6.49. The molecule has 2 heterocycles. The van der Waals surface area contributed by atoms with Crippen LogP contribution in [-0.2, 0) is 25.9 Å². The number of aromatic nitrogens is 4. The Balaban J connectivity index is 1.47. The van der Waals surface area contributed by atoms with Gasteiger partial charge in [0.1, 0.15) is 11.8 Å². The smallest absolute Gasteiger partial charge is 0.323 e. The Morgan fingerprint density at radius 3 is 2.75 bits per heavy atom. The molecule has 0 spiro atoms. The molecule has 0 radical (unpaired) electrons. The van der Waals surface area contributed by atoms with Crippen LogP contribution in [0.3, 0.4) is 0 Å². The lowest BCUT2D eigenvalue weighted by molar-refractivity contribution is -0.142. The number of imidazole rings is 1. The summed E-state index contributed by atoms with van der Waals surface area (Å²) in [7, 11) is 2.83. The fraction of sp³-hybridized carbons (Fsp3) is 0.364. The van der Waals surface area contributed by atoms with E-state index in [0.29, 0.717) is 22.8 Å². The molecule has 1 aliphatic carbocycles. The topological polar surface area (TPSA) is 136 Å². The maximum atomic E-state index is 12.0. The monoisotopic (exact) mass is 596 g/mol. The van der Waals surface area contributed by atoms with Gasteiger partial charge in [-0.1, -0.05) is 28.1 Å². The average Bonchev–Trinajstić information content (AvgIpc) is 3.50. The number of anilines is 1. The number of nitrogens with two attached hydrogens (primary N) is 1. The molecule has 1 aliphatic rings. The molecule has 192 valence electrons. The lowest BCUT2D eigenvalue weighted by Crippen LogP contribution is -2.34. The summed E-state index contributed by atoms with van der Waals surface area (Å²) in [6.45, 7) is -1.17. The van der Waals surface area contributed by atoms with Gasteiger partial charge in [-0.3, -0.25) is 4.79 Å². The quantitative estimate of drug-likeness (QED) is 0.201. The molecule has 4 atom stereocenters. The van der Waals surface area contributed by atoms with Crippen LogP contribution in [-0.4, -0.2) is 52.4 Å². The van der Waals surface area contributed by atoms with E-state index in [1.165, 1.54) is 14.2 Å². The molecule has 14 heteroatoms. The first-order valence-electron chi connectivity index (χ1n) is 11.0. The minimum atomic E-state index is -3.11. The number of nitrogens with zero attached hydrogens (tertiary/aromatic N) is 4. The van der Waals surface area contributed by atoms with Crippen LogP contribution in [0.15, 0.2) is 47.2 Å². The molecular formula is C22H26BrN6O5PS. The largest absolute Gasteiger partial charge is 0.479 e. The number of rotatable bonds is 10. The second-order valence-electron chi connectivity index (χ2n) is 8.08. The summed E-state index contributed by atoms with van der Waals surface area (Å²) < 4.78 is 25.1. The number of carbonyl (C=O) groups excluding carboxylic acids is 1. The van der Waals surface area contributed by atoms with Gasteiger partial charge in [-0.25, -0.2) is 10.1 Å². The molecule has 0 fully saturated rings. The molecule has 3 N–H and O–H groups in total. The summed E-state index contributed by atoms with van der Waals surface area (Å²) >= 11 is 9.16. The van der Waals surface area contributed by atoms with Crippen molar-refractivity contribution in [1.29, 1.82) is 0 Å². The summed E-state index contributed by atoms with van der Waals surface area (Å²) in [5, 5.41) is 3.02. The van der Waals surface area contributed by atoms with E-state index in [1.807, 2.05) is 16.7 Å². The molecule has 0 saturated carbocycles. The predicted molar refractivity (Wildman–Crippen MR) is 142 cm³/mol. The zero-order valence-electron chi connectivity index (χ0n) is 19.8. The second kappa shape index (κ2) is 11.2. The standard InChI is InChI=1S/C22H26BrN6O5PS/c1-13(21(30)32-3)28-35(36,34-17-8-5-15(23)6-9-17)33-11-14-4-7-16(10-14)29-12-25-18-19(29)26-22(24)27-20(18)31-2/h4-9,12-14,16H,10-11H2,1-3H3,(H,28,36)(H2,24,26,27)/t13-,14+,16-,35?/m0/s1. The first kappa shape index (κ1) is 26.5. The van der Waals surface area contributed by atoms with E-state index in [0.717, 1.165) is 10.9 Å². The molecule has 3 aromatic rings. The molecule has 1 unspecified atom stereocenters. The molecule has 0 aliphatic heterocycles. The van der Waals surface area contributed by atoms with Crippen molar-refractivity contribution in [2.24, 2.45) is 5.92 Å². The number of nitrogens with one attached hydrogen (secondary N) is 1. The maximum Gasteiger partial charge on any atom is 0.323 e. The van der Waals surface area contributed by atoms with Crippen LogP contribution in [0.1, 0.15) is 19.4 Å². The molecule has 4 rings (SSSR count). The summed E-state index contributed by atoms with van der Waals surface area (Å²) in [5.74, 6) is 0.549. The van der Waals surface area contributed by atoms with Gasteiger partial charge in [0, 0.05) is 10.4 Å². The Kier molecular flexibility index (Phi) is 8.26. The summed E-state index contributed by atoms with van der Waals surface area (Å²) in [6.07, 6.45) is 6.53. The molecule has 2 aromatic heterocycles. The van der Waals surface area contributed by atoms with Crippen molar-refractivity contribution in [3.05, 3.63) is 47.2 Å². The Bertz CT molecular complexity index is 1320. The number of nitrogen functional groups attached to an aromatic ring is 1. The second-order valence-corrected chi connectivity index (χ2v) is 12.1. The van der Waals surface area contributed by atoms with Crippen molar-refractivity contribution in [3.63, 3.8) is 0 Å². The molecule has 0 bridgehead atoms. The summed E-state index contributed by atoms with van der Waals surface area (Å²) in [6, 6.07) is 6.50. The number of hydrogen-bond donors (Lipinski definition) is 2. The normalized spacial score (nSPS) is 19.7. The Labute approximate surface area is 221 Å². The highest BCUT2D eigenvalue weighted by Crippen LogP contribution is 2.47. The molecule has 0 amide bonds. The summed E-state index contributed by atoms with van der Waals surface area (Å²) in [4.78, 5) is 24.8. The average molecular weight is 597 g/mol. The van der Waals surface area contributed by atoms with Crippen LogP contribution in [0.4, 0.5) is 5.95 Å². The highest BCUT2D eigenvalue weighted by Gasteiger charge is 2.30. The van der Waals surface area contributed by atoms with Crippen molar-refractivity contribution in [1.82, 2.24) is 24.6 Å². The number of halogens is 1. The number of ether oxygens (including phenoxy) is 2. The van der Waals surface area contributed by atoms with Crippen molar-refractivity contribution < 1.29 is 23.3 Å². The molecular weight excluding hydrogens is 571 g/mol. The van der Waals surface area contributed by atoms with Crippen molar-refractivity contribution in [3.8, 4) is 11.6 Å². The van der Waals surface area contributed by atoms with Gasteiger partial charge in [0.15, 0.2) is 11.2 Å². The number of allylic oxidation sites excluding steroid dienone is 1. The van der Waals surface area contributed by atoms with Gasteiger partial charge in [-0.15, -0.1) is 0 Å². The van der Waals surface area contributed by atoms with Crippen LogP contribution >= 0.6 is 22.6 Å². The number of esters is 1. The summed E-state index contributed by atoms with van der Waals surface area (Å²) in [5.41, 5.74) is 6.98. The minimum absolute atomic E-state index is 0.0187. The highest BCUT2D eigenvalue weighted by atomic mass is 79.9. The van der Waals surface area contributed by atoms with E-state index in [2.05, 4.69) is 48.1 Å². The third-order valence-corrected chi connectivity index (χ3v) is 8.54. The minimum Gasteiger partial charge on any atom is -0.479 e. The van der Waals surface area contributed by atoms with Crippen molar-refractivity contribution in [2.45, 2.75) is 25.4 Å². The molecule has 36 heavy (non-hydrogen) atoms. The van der Waals surface area contributed by atoms with E-state index in [1.54, 1.807) is 25.4 Å². The number of benzene rings is 1. The molecule has 11 nitrogen and oxygen atoms in total. The first-order chi connectivity index (χ1) is 17.2. The van der Waals surface area contributed by atoms with Crippen molar-refractivity contribution in [2.75, 3.05) is 26.6 Å². The zero-order chi connectivity index (χ0) is 25.9. The maximum absolute atomic E-state index is 12.0. The van der Waals surface area contributed by atoms with E-state index < -0.39 is 18.7 Å². The van der Waals surface area contributed by atoms with Crippen molar-refractivity contribution >= 4 is 57.5 Å². The van der Waals surface area contributed by atoms with E-state index >= 15 is 0 Å². The number of methoxy groups -OCH3 is 2. The Morgan fingerprint density at radius 2 is 2.06 bits per heavy atom. The van der Waals surface area contributed by atoms with Crippen LogP contribution in [0, 0.1) is 5.92 Å². The lowest BCUT2D eigenvalue weighted by atomic mass is 10.1. The first-order valence-corrected chi connectivity index (χ1v) is 14.4. The van der Waals surface area contributed by atoms with Gasteiger partial charge >= 0.3 is 12.6 Å². The van der Waals surface area contributed by atoms with Gasteiger partial charge in [-0.2, -0.15) is 9.97 Å². The number of fused-ring (bicyclic) bond motifs is 1. The van der Waals surface area contributed by atoms with E-state index in [4.69, 9.17) is 36.1 Å². The van der Waals surface area contributed by atoms with Gasteiger partial charge in [0.2, 0.25) is 11.8 Å². The highest BCUT2D eigenvalue weighted by molar-refractivity contribution is 9.10. The molecule has 1 aromatic carbocycles. The lowest BCUT2D eigenvalue weighted by Gasteiger charge is -2.27. The van der Waals surface area contributed by atoms with Gasteiger partial charge in [0.25, 0.3) is 0 Å². The number of hydrogen-bond acceptors (Lipinski definition) is 10. The van der Waals surface area contributed by atoms with Crippen LogP contribution in [0.5, 0.6) is 11.6 Å². The van der Waals surface area contributed by atoms with E-state index in [9.17, 15) is 4.79 Å².